The molecule has 0 unspecified atom stereocenters. The van der Waals surface area contributed by atoms with E-state index in [9.17, 15) is 0 Å². The fourth-order valence-electron chi connectivity index (χ4n) is 0.812. The minimum absolute atomic E-state index is 0.278. The SMILES string of the molecule is C1=C[AsH]C=C1.Cc1ccccc1. The molecule has 1 aliphatic rings. The van der Waals surface area contributed by atoms with E-state index in [1.54, 1.807) is 0 Å². The van der Waals surface area contributed by atoms with Crippen molar-refractivity contribution < 1.29 is 0 Å². The molecule has 0 aliphatic carbocycles. The van der Waals surface area contributed by atoms with Crippen LogP contribution in [-0.4, -0.2) is 15.8 Å². The first-order valence-corrected chi connectivity index (χ1v) is 6.41. The maximum absolute atomic E-state index is 2.25. The largest absolute Gasteiger partial charge is 0.0622 e. The van der Waals surface area contributed by atoms with Gasteiger partial charge in [-0.15, -0.1) is 0 Å². The van der Waals surface area contributed by atoms with Crippen LogP contribution in [0.5, 0.6) is 0 Å². The van der Waals surface area contributed by atoms with Gasteiger partial charge in [0.25, 0.3) is 0 Å². The van der Waals surface area contributed by atoms with Gasteiger partial charge in [-0.05, 0) is 6.92 Å². The van der Waals surface area contributed by atoms with E-state index in [0.717, 1.165) is 0 Å². The zero-order valence-corrected chi connectivity index (χ0v) is 9.29. The number of rotatable bonds is 0. The summed E-state index contributed by atoms with van der Waals surface area (Å²) in [5, 5.41) is 0. The molecule has 0 nitrogen and oxygen atoms in total. The van der Waals surface area contributed by atoms with Crippen molar-refractivity contribution in [2.45, 2.75) is 6.92 Å². The average molecular weight is 220 g/mol. The van der Waals surface area contributed by atoms with Gasteiger partial charge in [0.15, 0.2) is 0 Å². The van der Waals surface area contributed by atoms with Crippen LogP contribution in [-0.2, 0) is 0 Å². The summed E-state index contributed by atoms with van der Waals surface area (Å²) in [4.78, 5) is 4.50. The molecule has 62 valence electrons. The zero-order chi connectivity index (χ0) is 8.65. The van der Waals surface area contributed by atoms with E-state index in [0.29, 0.717) is 0 Å². The molecule has 1 aromatic rings. The smallest absolute Gasteiger partial charge is 0.0398 e. The summed E-state index contributed by atoms with van der Waals surface area (Å²) >= 11 is 0.278. The molecule has 1 aliphatic heterocycles. The van der Waals surface area contributed by atoms with Gasteiger partial charge in [0, 0.05) is 0 Å². The molecule has 0 saturated heterocycles. The van der Waals surface area contributed by atoms with Gasteiger partial charge in [0.2, 0.25) is 0 Å². The molecule has 0 spiro atoms. The van der Waals surface area contributed by atoms with E-state index in [2.05, 4.69) is 40.9 Å². The van der Waals surface area contributed by atoms with Crippen LogP contribution in [0.25, 0.3) is 0 Å². The van der Waals surface area contributed by atoms with Crippen molar-refractivity contribution in [3.63, 3.8) is 0 Å². The topological polar surface area (TPSA) is 0 Å². The third kappa shape index (κ3) is 4.20. The van der Waals surface area contributed by atoms with Crippen LogP contribution < -0.4 is 0 Å². The summed E-state index contributed by atoms with van der Waals surface area (Å²) in [5.41, 5.74) is 1.32. The Morgan fingerprint density at radius 3 is 1.75 bits per heavy atom. The number of aryl methyl sites for hydroxylation is 1. The molecule has 1 heteroatoms. The Morgan fingerprint density at radius 2 is 1.50 bits per heavy atom. The molecule has 0 fully saturated rings. The van der Waals surface area contributed by atoms with E-state index >= 15 is 0 Å². The van der Waals surface area contributed by atoms with Gasteiger partial charge in [0.1, 0.15) is 0 Å². The first-order valence-electron chi connectivity index (χ1n) is 3.99. The number of hydrogen-bond acceptors (Lipinski definition) is 0. The zero-order valence-electron chi connectivity index (χ0n) is 7.20. The summed E-state index contributed by atoms with van der Waals surface area (Å²) in [5.74, 6) is 0. The van der Waals surface area contributed by atoms with Crippen molar-refractivity contribution in [3.05, 3.63) is 57.8 Å². The van der Waals surface area contributed by atoms with Gasteiger partial charge in [-0.25, -0.2) is 0 Å². The Hall–Kier alpha value is -0.742. The molecule has 1 aromatic carbocycles. The first-order chi connectivity index (χ1) is 5.89. The van der Waals surface area contributed by atoms with Gasteiger partial charge < -0.3 is 0 Å². The fraction of sp³-hybridized carbons (Fsp3) is 0.0909. The van der Waals surface area contributed by atoms with E-state index < -0.39 is 0 Å². The molecule has 12 heavy (non-hydrogen) atoms. The molecular formula is C11H13As. The van der Waals surface area contributed by atoms with Crippen LogP contribution in [0.2, 0.25) is 0 Å². The molecule has 2 rings (SSSR count). The second-order valence-corrected chi connectivity index (χ2v) is 4.64. The predicted octanol–water partition coefficient (Wildman–Crippen LogP) is 2.46. The summed E-state index contributed by atoms with van der Waals surface area (Å²) in [6.45, 7) is 2.08. The number of hydrogen-bond donors (Lipinski definition) is 0. The minimum Gasteiger partial charge on any atom is -0.0622 e. The minimum atomic E-state index is 0.278. The Bertz CT molecular complexity index is 250. The summed E-state index contributed by atoms with van der Waals surface area (Å²) in [6, 6.07) is 10.3. The van der Waals surface area contributed by atoms with Crippen LogP contribution in [0.1, 0.15) is 5.56 Å². The van der Waals surface area contributed by atoms with E-state index in [1.165, 1.54) is 5.56 Å². The van der Waals surface area contributed by atoms with Crippen molar-refractivity contribution in [2.75, 3.05) is 0 Å². The normalized spacial score (nSPS) is 12.4. The third-order valence-electron chi connectivity index (χ3n) is 1.44. The van der Waals surface area contributed by atoms with Crippen molar-refractivity contribution in [3.8, 4) is 0 Å². The first kappa shape index (κ1) is 9.35. The van der Waals surface area contributed by atoms with E-state index in [4.69, 9.17) is 0 Å². The average Bonchev–Trinajstić information content (AvgIpc) is 2.62. The molecule has 0 radical (unpaired) electrons. The summed E-state index contributed by atoms with van der Waals surface area (Å²) in [7, 11) is 0. The standard InChI is InChI=1S/C7H8.C4H5As/c1-7-5-3-2-4-6-7;1-2-4-5-3-1/h2-6H,1H3;1-5H. The van der Waals surface area contributed by atoms with Crippen LogP contribution in [0.15, 0.2) is 52.2 Å². The number of allylic oxidation sites excluding steroid dienone is 2. The van der Waals surface area contributed by atoms with Crippen LogP contribution in [0.4, 0.5) is 0 Å². The second kappa shape index (κ2) is 5.85. The Labute approximate surface area is 80.7 Å². The van der Waals surface area contributed by atoms with Crippen molar-refractivity contribution in [2.24, 2.45) is 0 Å². The maximum Gasteiger partial charge on any atom is -0.0398 e. The quantitative estimate of drug-likeness (QED) is 0.589. The van der Waals surface area contributed by atoms with Crippen molar-refractivity contribution >= 4 is 15.8 Å². The van der Waals surface area contributed by atoms with Crippen LogP contribution in [0, 0.1) is 6.92 Å². The molecule has 0 saturated carbocycles. The van der Waals surface area contributed by atoms with Crippen LogP contribution >= 0.6 is 0 Å². The Balaban J connectivity index is 0.000000127. The van der Waals surface area contributed by atoms with Crippen molar-refractivity contribution in [1.82, 2.24) is 0 Å². The molecular weight excluding hydrogens is 207 g/mol. The summed E-state index contributed by atoms with van der Waals surface area (Å²) < 4.78 is 0. The molecule has 0 bridgehead atoms. The van der Waals surface area contributed by atoms with E-state index in [-0.39, 0.29) is 15.8 Å². The van der Waals surface area contributed by atoms with Gasteiger partial charge in [0.05, 0.1) is 0 Å². The van der Waals surface area contributed by atoms with Gasteiger partial charge in [-0.2, -0.15) is 0 Å². The van der Waals surface area contributed by atoms with Gasteiger partial charge in [-0.3, -0.25) is 0 Å². The second-order valence-electron chi connectivity index (χ2n) is 2.54. The predicted molar refractivity (Wildman–Crippen MR) is 56.6 cm³/mol. The number of benzene rings is 1. The maximum atomic E-state index is 2.25. The Morgan fingerprint density at radius 1 is 0.917 bits per heavy atom. The van der Waals surface area contributed by atoms with Gasteiger partial charge in [-0.1, -0.05) is 35.9 Å². The molecule has 0 amide bonds. The van der Waals surface area contributed by atoms with Crippen molar-refractivity contribution in [1.29, 1.82) is 0 Å². The molecule has 1 heterocycles. The Kier molecular flexibility index (Phi) is 4.56. The van der Waals surface area contributed by atoms with E-state index in [1.807, 2.05) is 18.2 Å². The molecule has 0 atom stereocenters. The van der Waals surface area contributed by atoms with Crippen LogP contribution in [0.3, 0.4) is 0 Å². The molecule has 0 N–H and O–H groups in total. The summed E-state index contributed by atoms with van der Waals surface area (Å²) in [6.07, 6.45) is 4.22. The molecule has 0 aromatic heterocycles. The fourth-order valence-corrected chi connectivity index (χ4v) is 1.98. The third-order valence-corrected chi connectivity index (χ3v) is 3.05. The monoisotopic (exact) mass is 220 g/mol. The van der Waals surface area contributed by atoms with Gasteiger partial charge >= 0.3 is 37.6 Å².